The van der Waals surface area contributed by atoms with Crippen molar-refractivity contribution in [2.45, 2.75) is 19.8 Å². The molecule has 0 aromatic carbocycles. The second-order valence-electron chi connectivity index (χ2n) is 4.50. The van der Waals surface area contributed by atoms with Crippen LogP contribution in [-0.2, 0) is 0 Å². The van der Waals surface area contributed by atoms with Crippen LogP contribution < -0.4 is 5.73 Å². The Kier molecular flexibility index (Phi) is 2.63. The van der Waals surface area contributed by atoms with Gasteiger partial charge in [0.1, 0.15) is 5.82 Å². The summed E-state index contributed by atoms with van der Waals surface area (Å²) >= 11 is 5.73. The van der Waals surface area contributed by atoms with Gasteiger partial charge in [-0.15, -0.1) is 10.2 Å². The lowest BCUT2D eigenvalue weighted by Gasteiger charge is -2.01. The molecule has 0 radical (unpaired) electrons. The minimum Gasteiger partial charge on any atom is -0.383 e. The molecule has 0 atom stereocenters. The van der Waals surface area contributed by atoms with Crippen LogP contribution in [0.15, 0.2) is 12.1 Å². The third-order valence-corrected chi connectivity index (χ3v) is 3.02. The van der Waals surface area contributed by atoms with Crippen LogP contribution in [-0.4, -0.2) is 30.2 Å². The van der Waals surface area contributed by atoms with Crippen molar-refractivity contribution in [1.29, 1.82) is 0 Å². The molecule has 3 N–H and O–H groups in total. The minimum atomic E-state index is 0.226. The molecule has 98 valence electrons. The van der Waals surface area contributed by atoms with Gasteiger partial charge in [0.2, 0.25) is 0 Å². The van der Waals surface area contributed by atoms with Crippen molar-refractivity contribution in [3.63, 3.8) is 0 Å². The van der Waals surface area contributed by atoms with E-state index < -0.39 is 0 Å². The van der Waals surface area contributed by atoms with Gasteiger partial charge in [0.15, 0.2) is 16.6 Å². The van der Waals surface area contributed by atoms with Crippen LogP contribution in [0.2, 0.25) is 5.15 Å². The summed E-state index contributed by atoms with van der Waals surface area (Å²) in [6, 6.07) is 3.39. The highest BCUT2D eigenvalue weighted by atomic mass is 35.5. The van der Waals surface area contributed by atoms with E-state index >= 15 is 0 Å². The number of nitrogens with zero attached hydrogens (tertiary/aromatic N) is 5. The fraction of sp³-hybridized carbons (Fsp3) is 0.273. The maximum absolute atomic E-state index is 5.90. The molecule has 0 saturated heterocycles. The van der Waals surface area contributed by atoms with Gasteiger partial charge in [0, 0.05) is 0 Å². The second-order valence-corrected chi connectivity index (χ2v) is 4.89. The molecule has 3 rings (SSSR count). The first kappa shape index (κ1) is 11.9. The summed E-state index contributed by atoms with van der Waals surface area (Å²) in [5, 5.41) is 20.4. The Labute approximate surface area is 113 Å². The summed E-state index contributed by atoms with van der Waals surface area (Å²) < 4.78 is 1.61. The fourth-order valence-corrected chi connectivity index (χ4v) is 2.04. The number of hydrogen-bond acceptors (Lipinski definition) is 5. The van der Waals surface area contributed by atoms with E-state index in [4.69, 9.17) is 17.3 Å². The standard InChI is InChI=1S/C11H12ClN7/c1-5(2)9-8-10(13)16-17-11(8)19(18-9)7-4-3-6(12)14-15-7/h3-5H,1-2H3,(H3,13,16,17). The van der Waals surface area contributed by atoms with Gasteiger partial charge in [-0.25, -0.2) is 0 Å². The molecule has 3 aromatic heterocycles. The molecule has 3 heterocycles. The van der Waals surface area contributed by atoms with Crippen LogP contribution in [0.4, 0.5) is 5.82 Å². The van der Waals surface area contributed by atoms with Gasteiger partial charge in [-0.1, -0.05) is 25.4 Å². The molecule has 3 aromatic rings. The Balaban J connectivity index is 2.27. The third-order valence-electron chi connectivity index (χ3n) is 2.82. The van der Waals surface area contributed by atoms with Crippen molar-refractivity contribution >= 4 is 28.5 Å². The number of anilines is 1. The molecule has 7 nitrogen and oxygen atoms in total. The van der Waals surface area contributed by atoms with E-state index in [2.05, 4.69) is 25.5 Å². The van der Waals surface area contributed by atoms with E-state index in [1.807, 2.05) is 13.8 Å². The fourth-order valence-electron chi connectivity index (χ4n) is 1.94. The van der Waals surface area contributed by atoms with E-state index in [0.717, 1.165) is 11.1 Å². The van der Waals surface area contributed by atoms with Gasteiger partial charge in [-0.3, -0.25) is 5.10 Å². The number of halogens is 1. The van der Waals surface area contributed by atoms with Crippen LogP contribution in [0.25, 0.3) is 16.9 Å². The summed E-state index contributed by atoms with van der Waals surface area (Å²) in [5.41, 5.74) is 7.41. The van der Waals surface area contributed by atoms with Gasteiger partial charge in [-0.2, -0.15) is 14.9 Å². The van der Waals surface area contributed by atoms with Crippen molar-refractivity contribution in [3.05, 3.63) is 23.0 Å². The number of fused-ring (bicyclic) bond motifs is 1. The number of H-pyrrole nitrogens is 1. The van der Waals surface area contributed by atoms with E-state index in [0.29, 0.717) is 22.4 Å². The Bertz CT molecular complexity index is 725. The molecule has 0 aliphatic rings. The molecular formula is C11H12ClN7. The Morgan fingerprint density at radius 1 is 1.32 bits per heavy atom. The highest BCUT2D eigenvalue weighted by molar-refractivity contribution is 6.29. The SMILES string of the molecule is CC(C)c1nn(-c2ccc(Cl)nn2)c2n[nH]c(N)c12. The summed E-state index contributed by atoms with van der Waals surface area (Å²) in [7, 11) is 0. The van der Waals surface area contributed by atoms with Gasteiger partial charge in [0.05, 0.1) is 11.1 Å². The highest BCUT2D eigenvalue weighted by Crippen LogP contribution is 2.28. The predicted molar refractivity (Wildman–Crippen MR) is 72.3 cm³/mol. The molecule has 0 fully saturated rings. The molecule has 0 saturated carbocycles. The number of nitrogen functional groups attached to an aromatic ring is 1. The molecular weight excluding hydrogens is 266 g/mol. The Morgan fingerprint density at radius 2 is 2.11 bits per heavy atom. The topological polar surface area (TPSA) is 98.3 Å². The van der Waals surface area contributed by atoms with Crippen molar-refractivity contribution in [2.24, 2.45) is 0 Å². The molecule has 0 aliphatic heterocycles. The summed E-state index contributed by atoms with van der Waals surface area (Å²) in [6.45, 7) is 4.10. The molecule has 0 aliphatic carbocycles. The molecule has 8 heteroatoms. The highest BCUT2D eigenvalue weighted by Gasteiger charge is 2.20. The van der Waals surface area contributed by atoms with Gasteiger partial charge >= 0.3 is 0 Å². The number of rotatable bonds is 2. The van der Waals surface area contributed by atoms with Crippen LogP contribution >= 0.6 is 11.6 Å². The number of aromatic amines is 1. The van der Waals surface area contributed by atoms with E-state index in [-0.39, 0.29) is 5.92 Å². The molecule has 0 spiro atoms. The van der Waals surface area contributed by atoms with E-state index in [1.165, 1.54) is 0 Å². The zero-order valence-corrected chi connectivity index (χ0v) is 11.2. The van der Waals surface area contributed by atoms with Crippen LogP contribution in [0.5, 0.6) is 0 Å². The number of nitrogens with two attached hydrogens (primary N) is 1. The second kappa shape index (κ2) is 4.20. The van der Waals surface area contributed by atoms with Crippen LogP contribution in [0.3, 0.4) is 0 Å². The quantitative estimate of drug-likeness (QED) is 0.745. The monoisotopic (exact) mass is 277 g/mol. The van der Waals surface area contributed by atoms with Crippen LogP contribution in [0.1, 0.15) is 25.5 Å². The number of hydrogen-bond donors (Lipinski definition) is 2. The first-order valence-electron chi connectivity index (χ1n) is 5.80. The Morgan fingerprint density at radius 3 is 2.74 bits per heavy atom. The lowest BCUT2D eigenvalue weighted by molar-refractivity contribution is 0.752. The average Bonchev–Trinajstić information content (AvgIpc) is 2.92. The first-order chi connectivity index (χ1) is 9.08. The lowest BCUT2D eigenvalue weighted by Crippen LogP contribution is -2.03. The van der Waals surface area contributed by atoms with E-state index in [9.17, 15) is 0 Å². The van der Waals surface area contributed by atoms with E-state index in [1.54, 1.807) is 16.8 Å². The summed E-state index contributed by atoms with van der Waals surface area (Å²) in [4.78, 5) is 0. The van der Waals surface area contributed by atoms with Crippen LogP contribution in [0, 0.1) is 0 Å². The zero-order valence-electron chi connectivity index (χ0n) is 10.4. The predicted octanol–water partition coefficient (Wildman–Crippen LogP) is 1.90. The van der Waals surface area contributed by atoms with Crippen molar-refractivity contribution in [1.82, 2.24) is 30.2 Å². The molecule has 0 amide bonds. The van der Waals surface area contributed by atoms with Crippen molar-refractivity contribution in [2.75, 3.05) is 5.73 Å². The van der Waals surface area contributed by atoms with Gasteiger partial charge in [-0.05, 0) is 18.1 Å². The lowest BCUT2D eigenvalue weighted by atomic mass is 10.1. The largest absolute Gasteiger partial charge is 0.383 e. The Hall–Kier alpha value is -2.15. The number of aromatic nitrogens is 6. The zero-order chi connectivity index (χ0) is 13.6. The normalized spacial score (nSPS) is 11.6. The maximum atomic E-state index is 5.90. The van der Waals surface area contributed by atoms with Gasteiger partial charge < -0.3 is 5.73 Å². The third kappa shape index (κ3) is 1.82. The minimum absolute atomic E-state index is 0.226. The smallest absolute Gasteiger partial charge is 0.188 e. The molecule has 19 heavy (non-hydrogen) atoms. The summed E-state index contributed by atoms with van der Waals surface area (Å²) in [5.74, 6) is 1.28. The van der Waals surface area contributed by atoms with Crippen molar-refractivity contribution in [3.8, 4) is 5.82 Å². The van der Waals surface area contributed by atoms with Gasteiger partial charge in [0.25, 0.3) is 0 Å². The first-order valence-corrected chi connectivity index (χ1v) is 6.17. The average molecular weight is 278 g/mol. The molecule has 0 unspecified atom stereocenters. The maximum Gasteiger partial charge on any atom is 0.188 e. The number of nitrogens with one attached hydrogen (secondary N) is 1. The molecule has 0 bridgehead atoms. The van der Waals surface area contributed by atoms with Crippen molar-refractivity contribution < 1.29 is 0 Å². The summed E-state index contributed by atoms with van der Waals surface area (Å²) in [6.07, 6.45) is 0.